The molecule has 0 radical (unpaired) electrons. The largest absolute Gasteiger partial charge is 0.352 e. The van der Waals surface area contributed by atoms with Crippen molar-refractivity contribution in [3.05, 3.63) is 41.3 Å². The zero-order valence-corrected chi connectivity index (χ0v) is 13.2. The van der Waals surface area contributed by atoms with Crippen LogP contribution in [0.1, 0.15) is 21.6 Å². The highest BCUT2D eigenvalue weighted by Crippen LogP contribution is 2.20. The Balaban J connectivity index is 1.70. The van der Waals surface area contributed by atoms with E-state index in [0.29, 0.717) is 43.1 Å². The molecule has 7 heteroatoms. The first-order valence-electron chi connectivity index (χ1n) is 7.49. The van der Waals surface area contributed by atoms with Crippen molar-refractivity contribution in [3.63, 3.8) is 0 Å². The van der Waals surface area contributed by atoms with Crippen LogP contribution in [0.25, 0.3) is 0 Å². The molecule has 1 aliphatic heterocycles. The minimum atomic E-state index is -0.00421. The number of pyridine rings is 1. The standard InChI is InChI=1S/C16H18N6O/c1-12-3-4-13(9-17)15(19-12)21-5-7-22(8-6-21)16(23)14-10-18-20(2)11-14/h3-4,10-11H,5-8H2,1-2H3. The predicted molar refractivity (Wildman–Crippen MR) is 85.0 cm³/mol. The van der Waals surface area contributed by atoms with Gasteiger partial charge in [-0.05, 0) is 19.1 Å². The molecule has 0 spiro atoms. The summed E-state index contributed by atoms with van der Waals surface area (Å²) in [4.78, 5) is 20.8. The summed E-state index contributed by atoms with van der Waals surface area (Å²) in [5.74, 6) is 0.705. The molecular formula is C16H18N6O. The first-order valence-corrected chi connectivity index (χ1v) is 7.49. The average molecular weight is 310 g/mol. The molecule has 118 valence electrons. The van der Waals surface area contributed by atoms with Gasteiger partial charge < -0.3 is 9.80 Å². The normalized spacial score (nSPS) is 14.7. The minimum absolute atomic E-state index is 0.00421. The van der Waals surface area contributed by atoms with E-state index in [2.05, 4.69) is 21.1 Å². The Kier molecular flexibility index (Phi) is 3.98. The topological polar surface area (TPSA) is 78.0 Å². The number of hydrogen-bond acceptors (Lipinski definition) is 5. The summed E-state index contributed by atoms with van der Waals surface area (Å²) in [5, 5.41) is 13.3. The van der Waals surface area contributed by atoms with Crippen molar-refractivity contribution in [2.75, 3.05) is 31.1 Å². The third kappa shape index (κ3) is 3.01. The Morgan fingerprint density at radius 3 is 2.61 bits per heavy atom. The molecule has 23 heavy (non-hydrogen) atoms. The van der Waals surface area contributed by atoms with Crippen molar-refractivity contribution in [2.24, 2.45) is 7.05 Å². The predicted octanol–water partition coefficient (Wildman–Crippen LogP) is 0.958. The van der Waals surface area contributed by atoms with Gasteiger partial charge in [-0.15, -0.1) is 0 Å². The monoisotopic (exact) mass is 310 g/mol. The van der Waals surface area contributed by atoms with Crippen molar-refractivity contribution in [2.45, 2.75) is 6.92 Å². The molecule has 0 bridgehead atoms. The maximum absolute atomic E-state index is 12.4. The summed E-state index contributed by atoms with van der Waals surface area (Å²) in [5.41, 5.74) is 2.06. The van der Waals surface area contributed by atoms with E-state index >= 15 is 0 Å². The molecule has 0 saturated carbocycles. The van der Waals surface area contributed by atoms with Gasteiger partial charge in [-0.2, -0.15) is 10.4 Å². The van der Waals surface area contributed by atoms with Crippen LogP contribution >= 0.6 is 0 Å². The summed E-state index contributed by atoms with van der Waals surface area (Å²) in [7, 11) is 1.79. The number of carbonyl (C=O) groups excluding carboxylic acids is 1. The van der Waals surface area contributed by atoms with Gasteiger partial charge in [-0.1, -0.05) is 0 Å². The van der Waals surface area contributed by atoms with Crippen LogP contribution in [-0.2, 0) is 7.05 Å². The van der Waals surface area contributed by atoms with Crippen LogP contribution in [0.15, 0.2) is 24.5 Å². The van der Waals surface area contributed by atoms with Crippen molar-refractivity contribution in [3.8, 4) is 6.07 Å². The fourth-order valence-corrected chi connectivity index (χ4v) is 2.71. The summed E-state index contributed by atoms with van der Waals surface area (Å²) in [6.45, 7) is 4.45. The minimum Gasteiger partial charge on any atom is -0.352 e. The second-order valence-electron chi connectivity index (χ2n) is 5.62. The Labute approximate surface area is 134 Å². The van der Waals surface area contributed by atoms with Crippen molar-refractivity contribution in [1.29, 1.82) is 5.26 Å². The molecule has 0 unspecified atom stereocenters. The zero-order chi connectivity index (χ0) is 16.4. The second kappa shape index (κ2) is 6.08. The fourth-order valence-electron chi connectivity index (χ4n) is 2.71. The van der Waals surface area contributed by atoms with E-state index < -0.39 is 0 Å². The third-order valence-corrected chi connectivity index (χ3v) is 3.95. The smallest absolute Gasteiger partial charge is 0.257 e. The van der Waals surface area contributed by atoms with Gasteiger partial charge in [0.2, 0.25) is 0 Å². The van der Waals surface area contributed by atoms with E-state index in [1.165, 1.54) is 0 Å². The quantitative estimate of drug-likeness (QED) is 0.825. The van der Waals surface area contributed by atoms with Crippen molar-refractivity contribution in [1.82, 2.24) is 19.7 Å². The van der Waals surface area contributed by atoms with Gasteiger partial charge in [-0.25, -0.2) is 4.98 Å². The van der Waals surface area contributed by atoms with E-state index in [4.69, 9.17) is 0 Å². The molecule has 1 amide bonds. The van der Waals surface area contributed by atoms with Crippen LogP contribution in [0, 0.1) is 18.3 Å². The number of nitrogens with zero attached hydrogens (tertiary/aromatic N) is 6. The van der Waals surface area contributed by atoms with Crippen LogP contribution in [0.3, 0.4) is 0 Å². The van der Waals surface area contributed by atoms with E-state index in [-0.39, 0.29) is 5.91 Å². The van der Waals surface area contributed by atoms with Gasteiger partial charge in [0.15, 0.2) is 0 Å². The van der Waals surface area contributed by atoms with Gasteiger partial charge in [0.05, 0.1) is 17.3 Å². The first-order chi connectivity index (χ1) is 11.1. The maximum atomic E-state index is 12.4. The number of hydrogen-bond donors (Lipinski definition) is 0. The van der Waals surface area contributed by atoms with Gasteiger partial charge in [0, 0.05) is 45.1 Å². The Hall–Kier alpha value is -2.88. The first kappa shape index (κ1) is 15.0. The number of rotatable bonds is 2. The Bertz CT molecular complexity index is 767. The number of amides is 1. The van der Waals surface area contributed by atoms with Crippen molar-refractivity contribution < 1.29 is 4.79 Å². The van der Waals surface area contributed by atoms with Crippen LogP contribution in [0.2, 0.25) is 0 Å². The van der Waals surface area contributed by atoms with E-state index in [1.807, 2.05) is 17.9 Å². The van der Waals surface area contributed by atoms with Crippen LogP contribution in [-0.4, -0.2) is 51.8 Å². The number of carbonyl (C=O) groups is 1. The van der Waals surface area contributed by atoms with Crippen LogP contribution in [0.5, 0.6) is 0 Å². The number of piperazine rings is 1. The van der Waals surface area contributed by atoms with E-state index in [0.717, 1.165) is 5.69 Å². The van der Waals surface area contributed by atoms with Crippen LogP contribution in [0.4, 0.5) is 5.82 Å². The zero-order valence-electron chi connectivity index (χ0n) is 13.2. The number of aryl methyl sites for hydroxylation is 2. The molecule has 1 aliphatic rings. The lowest BCUT2D eigenvalue weighted by Crippen LogP contribution is -2.49. The lowest BCUT2D eigenvalue weighted by molar-refractivity contribution is 0.0746. The SMILES string of the molecule is Cc1ccc(C#N)c(N2CCN(C(=O)c3cnn(C)c3)CC2)n1. The number of nitriles is 1. The molecule has 0 atom stereocenters. The molecule has 0 aromatic carbocycles. The molecule has 3 heterocycles. The van der Waals surface area contributed by atoms with Crippen molar-refractivity contribution >= 4 is 11.7 Å². The Morgan fingerprint density at radius 1 is 1.26 bits per heavy atom. The molecule has 7 nitrogen and oxygen atoms in total. The molecule has 2 aromatic heterocycles. The summed E-state index contributed by atoms with van der Waals surface area (Å²) in [6, 6.07) is 5.82. The Morgan fingerprint density at radius 2 is 2.00 bits per heavy atom. The highest BCUT2D eigenvalue weighted by molar-refractivity contribution is 5.93. The highest BCUT2D eigenvalue weighted by Gasteiger charge is 2.24. The number of aromatic nitrogens is 3. The molecule has 2 aromatic rings. The summed E-state index contributed by atoms with van der Waals surface area (Å²) >= 11 is 0. The number of anilines is 1. The average Bonchev–Trinajstić information content (AvgIpc) is 3.01. The van der Waals surface area contributed by atoms with E-state index in [9.17, 15) is 10.1 Å². The highest BCUT2D eigenvalue weighted by atomic mass is 16.2. The van der Waals surface area contributed by atoms with E-state index in [1.54, 1.807) is 30.2 Å². The van der Waals surface area contributed by atoms with Gasteiger partial charge in [0.1, 0.15) is 11.9 Å². The van der Waals surface area contributed by atoms with Gasteiger partial charge in [0.25, 0.3) is 5.91 Å². The third-order valence-electron chi connectivity index (χ3n) is 3.95. The van der Waals surface area contributed by atoms with Gasteiger partial charge >= 0.3 is 0 Å². The molecule has 0 N–H and O–H groups in total. The lowest BCUT2D eigenvalue weighted by atomic mass is 10.2. The molecular weight excluding hydrogens is 292 g/mol. The second-order valence-corrected chi connectivity index (χ2v) is 5.62. The van der Waals surface area contributed by atoms with Gasteiger partial charge in [-0.3, -0.25) is 9.48 Å². The lowest BCUT2D eigenvalue weighted by Gasteiger charge is -2.35. The fraction of sp³-hybridized carbons (Fsp3) is 0.375. The molecule has 1 fully saturated rings. The van der Waals surface area contributed by atoms with Crippen LogP contribution < -0.4 is 4.90 Å². The molecule has 1 saturated heterocycles. The molecule has 0 aliphatic carbocycles. The maximum Gasteiger partial charge on any atom is 0.257 e. The summed E-state index contributed by atoms with van der Waals surface area (Å²) in [6.07, 6.45) is 3.31. The summed E-state index contributed by atoms with van der Waals surface area (Å²) < 4.78 is 1.62. The molecule has 3 rings (SSSR count).